The maximum atomic E-state index is 2.45. The van der Waals surface area contributed by atoms with Gasteiger partial charge in [0.15, 0.2) is 0 Å². The van der Waals surface area contributed by atoms with E-state index in [0.717, 1.165) is 22.7 Å². The number of fused-ring (bicyclic) bond motifs is 21. The third kappa shape index (κ3) is 14.6. The number of benzene rings is 23. The van der Waals surface area contributed by atoms with E-state index in [1.54, 1.807) is 0 Å². The minimum Gasteiger partial charge on any atom is -0.309 e. The molecule has 29 rings (SSSR count). The van der Waals surface area contributed by atoms with Gasteiger partial charge in [-0.25, -0.2) is 0 Å². The van der Waals surface area contributed by atoms with Crippen molar-refractivity contribution in [3.8, 4) is 123 Å². The van der Waals surface area contributed by atoms with Crippen molar-refractivity contribution >= 4 is 131 Å². The van der Waals surface area contributed by atoms with Crippen molar-refractivity contribution in [2.45, 2.75) is 0 Å². The van der Waals surface area contributed by atoms with E-state index in [2.05, 4.69) is 586 Å². The van der Waals surface area contributed by atoms with Crippen LogP contribution in [-0.2, 0) is 0 Å². The standard InChI is InChI=1S/C54H36N2.C48H32N2.C36H24N2/c1-3-12-37(13-4-1)39-22-24-41(25-23-39)42-30-32-45(33-31-42)55-49-20-9-7-18-47(49)53-51(55)34-35-52-54(53)48-19-8-10-21-50(48)56(52)46-17-11-16-44(36-46)43-28-26-40(27-29-43)38-14-5-2-6-15-38;1-4-12-33(13-5-1)36-20-25-39(26-21-36)49-43-19-11-10-18-41(43)47-44(49)30-31-45-48(47)42-29-24-38(35-16-8-3-9-17-35)32-46(42)50(45)40-27-22-37(23-28-40)34-14-6-2-7-15-34;1-4-12-25(13-5-1)26-20-21-30-34(24-26)38(28-16-8-3-9-17-28)33-23-22-32-35(36(30)33)29-18-10-11-19-31(29)37(32)27-14-6-2-7-15-27/h1-36H;1-32H;1-24H. The van der Waals surface area contributed by atoms with E-state index in [9.17, 15) is 0 Å². The van der Waals surface area contributed by atoms with Crippen molar-refractivity contribution in [2.75, 3.05) is 0 Å². The fourth-order valence-corrected chi connectivity index (χ4v) is 22.6. The summed E-state index contributed by atoms with van der Waals surface area (Å²) in [6, 6.07) is 202. The van der Waals surface area contributed by atoms with E-state index in [0.29, 0.717) is 0 Å². The Kier molecular flexibility index (Phi) is 20.9. The molecule has 0 atom stereocenters. The van der Waals surface area contributed by atoms with Crippen LogP contribution >= 0.6 is 0 Å². The minimum atomic E-state index is 1.15. The van der Waals surface area contributed by atoms with Crippen LogP contribution in [0.1, 0.15) is 0 Å². The number of rotatable bonds is 14. The molecule has 0 aliphatic heterocycles. The molecule has 0 spiro atoms. The molecule has 0 bridgehead atoms. The smallest absolute Gasteiger partial charge is 0.0548 e. The zero-order valence-electron chi connectivity index (χ0n) is 78.8. The van der Waals surface area contributed by atoms with Gasteiger partial charge in [-0.3, -0.25) is 0 Å². The molecule has 144 heavy (non-hydrogen) atoms. The Morgan fingerprint density at radius 3 is 0.507 bits per heavy atom. The average Bonchev–Trinajstić information content (AvgIpc) is 1.55. The van der Waals surface area contributed by atoms with Crippen molar-refractivity contribution in [1.29, 1.82) is 0 Å². The second-order valence-corrected chi connectivity index (χ2v) is 37.3. The van der Waals surface area contributed by atoms with Crippen LogP contribution in [0.2, 0.25) is 0 Å². The van der Waals surface area contributed by atoms with Gasteiger partial charge in [-0.05, 0) is 235 Å². The Labute approximate surface area is 833 Å². The molecule has 0 amide bonds. The van der Waals surface area contributed by atoms with Crippen LogP contribution < -0.4 is 0 Å². The topological polar surface area (TPSA) is 29.6 Å². The van der Waals surface area contributed by atoms with Crippen molar-refractivity contribution in [1.82, 2.24) is 27.4 Å². The maximum absolute atomic E-state index is 2.45. The predicted molar refractivity (Wildman–Crippen MR) is 609 cm³/mol. The van der Waals surface area contributed by atoms with Gasteiger partial charge in [0.1, 0.15) is 0 Å². The summed E-state index contributed by atoms with van der Waals surface area (Å²) in [5.74, 6) is 0. The first-order chi connectivity index (χ1) is 71.5. The number of para-hydroxylation sites is 6. The van der Waals surface area contributed by atoms with Crippen LogP contribution in [-0.4, -0.2) is 27.4 Å². The lowest BCUT2D eigenvalue weighted by molar-refractivity contribution is 1.17. The predicted octanol–water partition coefficient (Wildman–Crippen LogP) is 37.0. The molecule has 6 heterocycles. The second kappa shape index (κ2) is 35.7. The third-order valence-electron chi connectivity index (χ3n) is 29.2. The van der Waals surface area contributed by atoms with Gasteiger partial charge in [0.05, 0.1) is 66.2 Å². The first-order valence-electron chi connectivity index (χ1n) is 49.5. The van der Waals surface area contributed by atoms with E-state index in [4.69, 9.17) is 0 Å². The van der Waals surface area contributed by atoms with E-state index in [1.165, 1.54) is 231 Å². The second-order valence-electron chi connectivity index (χ2n) is 37.3. The first-order valence-corrected chi connectivity index (χ1v) is 49.5. The summed E-state index contributed by atoms with van der Waals surface area (Å²) in [4.78, 5) is 0. The maximum Gasteiger partial charge on any atom is 0.0548 e. The molecular formula is C138H92N6. The molecule has 0 radical (unpaired) electrons. The third-order valence-corrected chi connectivity index (χ3v) is 29.2. The average molecular weight is 1830 g/mol. The fraction of sp³-hybridized carbons (Fsp3) is 0. The molecule has 0 aliphatic rings. The lowest BCUT2D eigenvalue weighted by Crippen LogP contribution is -1.95. The highest BCUT2D eigenvalue weighted by atomic mass is 15.0. The van der Waals surface area contributed by atoms with E-state index < -0.39 is 0 Å². The van der Waals surface area contributed by atoms with Gasteiger partial charge in [0.25, 0.3) is 0 Å². The summed E-state index contributed by atoms with van der Waals surface area (Å²) >= 11 is 0. The van der Waals surface area contributed by atoms with Crippen LogP contribution in [0.3, 0.4) is 0 Å². The molecule has 0 unspecified atom stereocenters. The van der Waals surface area contributed by atoms with Gasteiger partial charge in [0, 0.05) is 98.8 Å². The molecule has 6 aromatic heterocycles. The summed E-state index contributed by atoms with van der Waals surface area (Å²) < 4.78 is 14.6. The van der Waals surface area contributed by atoms with Crippen LogP contribution in [0, 0.1) is 0 Å². The van der Waals surface area contributed by atoms with Crippen LogP contribution in [0.25, 0.3) is 254 Å². The highest BCUT2D eigenvalue weighted by Gasteiger charge is 2.27. The SMILES string of the molecule is c1ccc(-c2ccc(-c3ccc(-n4c5ccccc5c5c6c7ccccc7n(-c7cccc(-c8ccc(-c9ccccc9)cc8)c7)c6ccc54)cc3)cc2)cc1.c1ccc(-c2ccc(-n3c4ccccc4c4c5c6ccc(-c7ccccc7)cc6n(-c6ccc(-c7ccccc7)cc6)c5ccc43)cc2)cc1.c1ccc(-c2ccc3c4c5c6ccccc6n(-c6ccccc6)c5ccc4n(-c4ccccc4)c3c2)cc1. The molecule has 23 aromatic carbocycles. The highest BCUT2D eigenvalue weighted by molar-refractivity contribution is 6.32. The molecule has 0 saturated heterocycles. The molecule has 0 fully saturated rings. The lowest BCUT2D eigenvalue weighted by Gasteiger charge is -2.12. The molecule has 6 nitrogen and oxygen atoms in total. The zero-order valence-corrected chi connectivity index (χ0v) is 78.8. The van der Waals surface area contributed by atoms with Gasteiger partial charge >= 0.3 is 0 Å². The van der Waals surface area contributed by atoms with Crippen molar-refractivity contribution in [2.24, 2.45) is 0 Å². The lowest BCUT2D eigenvalue weighted by atomic mass is 10.00. The molecule has 0 saturated carbocycles. The largest absolute Gasteiger partial charge is 0.309 e. The summed E-state index contributed by atoms with van der Waals surface area (Å²) in [7, 11) is 0. The Bertz CT molecular complexity index is 9900. The van der Waals surface area contributed by atoms with Crippen LogP contribution in [0.5, 0.6) is 0 Å². The normalized spacial score (nSPS) is 11.6. The molecule has 6 heteroatoms. The van der Waals surface area contributed by atoms with E-state index in [-0.39, 0.29) is 0 Å². The number of hydrogen-bond acceptors (Lipinski definition) is 0. The number of hydrogen-bond donors (Lipinski definition) is 0. The van der Waals surface area contributed by atoms with Gasteiger partial charge in [-0.15, -0.1) is 0 Å². The van der Waals surface area contributed by atoms with Crippen LogP contribution in [0.15, 0.2) is 558 Å². The Morgan fingerprint density at radius 1 is 0.0833 bits per heavy atom. The number of aromatic nitrogens is 6. The van der Waals surface area contributed by atoms with Crippen LogP contribution in [0.4, 0.5) is 0 Å². The molecule has 0 aliphatic carbocycles. The van der Waals surface area contributed by atoms with Crippen molar-refractivity contribution in [3.63, 3.8) is 0 Å². The van der Waals surface area contributed by atoms with Crippen molar-refractivity contribution in [3.05, 3.63) is 558 Å². The Morgan fingerprint density at radius 2 is 0.243 bits per heavy atom. The van der Waals surface area contributed by atoms with E-state index in [1.807, 2.05) is 0 Å². The van der Waals surface area contributed by atoms with Gasteiger partial charge in [-0.2, -0.15) is 0 Å². The highest BCUT2D eigenvalue weighted by Crippen LogP contribution is 2.49. The Hall–Kier alpha value is -19.1. The molecule has 0 N–H and O–H groups in total. The summed E-state index contributed by atoms with van der Waals surface area (Å²) in [6.45, 7) is 0. The first kappa shape index (κ1) is 84.2. The molecular weight excluding hydrogens is 1740 g/mol. The minimum absolute atomic E-state index is 1.15. The summed E-state index contributed by atoms with van der Waals surface area (Å²) in [6.07, 6.45) is 0. The molecule has 29 aromatic rings. The Balaban J connectivity index is 0.000000109. The summed E-state index contributed by atoms with van der Waals surface area (Å²) in [5.41, 5.74) is 40.9. The zero-order chi connectivity index (χ0) is 95.1. The van der Waals surface area contributed by atoms with Gasteiger partial charge in [-0.1, -0.05) is 413 Å². The number of nitrogens with zero attached hydrogens (tertiary/aromatic N) is 6. The monoisotopic (exact) mass is 1830 g/mol. The van der Waals surface area contributed by atoms with Crippen molar-refractivity contribution < 1.29 is 0 Å². The summed E-state index contributed by atoms with van der Waals surface area (Å²) in [5, 5.41) is 15.3. The fourth-order valence-electron chi connectivity index (χ4n) is 22.6. The van der Waals surface area contributed by atoms with Gasteiger partial charge < -0.3 is 27.4 Å². The quantitative estimate of drug-likeness (QED) is 0.104. The molecule has 674 valence electrons. The van der Waals surface area contributed by atoms with Gasteiger partial charge in [0.2, 0.25) is 0 Å². The van der Waals surface area contributed by atoms with E-state index >= 15 is 0 Å².